The Kier molecular flexibility index (Phi) is 5.92. The van der Waals surface area contributed by atoms with Crippen LogP contribution in [0.4, 0.5) is 17.2 Å². The van der Waals surface area contributed by atoms with E-state index in [2.05, 4.69) is 20.6 Å². The minimum atomic E-state index is -0.815. The molecule has 0 aliphatic rings. The third kappa shape index (κ3) is 4.01. The number of aromatic hydroxyl groups is 1. The number of anilines is 1. The Labute approximate surface area is 193 Å². The van der Waals surface area contributed by atoms with Crippen LogP contribution in [0.2, 0.25) is 0 Å². The third-order valence-corrected chi connectivity index (χ3v) is 5.20. The van der Waals surface area contributed by atoms with Crippen LogP contribution in [0.3, 0.4) is 0 Å². The Morgan fingerprint density at radius 1 is 0.882 bits per heavy atom. The standard InChI is InChI=1S/C23H21N7O4/c1-28-21(32)18(22(33)29(2)23(28)34)26-25-17-16(14-10-6-4-7-11-14)27-30(3)19(17)24-20(31)15-12-8-5-9-13-15/h4-13,32H,1-3H3,(H,24,31). The van der Waals surface area contributed by atoms with E-state index in [0.717, 1.165) is 9.13 Å². The first-order valence-corrected chi connectivity index (χ1v) is 10.2. The van der Waals surface area contributed by atoms with Gasteiger partial charge in [0.2, 0.25) is 11.6 Å². The van der Waals surface area contributed by atoms with Gasteiger partial charge in [0.25, 0.3) is 11.5 Å². The summed E-state index contributed by atoms with van der Waals surface area (Å²) in [5, 5.41) is 25.7. The fourth-order valence-corrected chi connectivity index (χ4v) is 3.31. The smallest absolute Gasteiger partial charge is 0.333 e. The Morgan fingerprint density at radius 3 is 2.12 bits per heavy atom. The van der Waals surface area contributed by atoms with Gasteiger partial charge in [0.1, 0.15) is 5.69 Å². The fourth-order valence-electron chi connectivity index (χ4n) is 3.31. The summed E-state index contributed by atoms with van der Waals surface area (Å²) in [5.74, 6) is -0.782. The highest BCUT2D eigenvalue weighted by atomic mass is 16.3. The van der Waals surface area contributed by atoms with Crippen LogP contribution < -0.4 is 16.6 Å². The first kappa shape index (κ1) is 22.4. The Morgan fingerprint density at radius 2 is 1.47 bits per heavy atom. The van der Waals surface area contributed by atoms with Crippen molar-refractivity contribution in [2.75, 3.05) is 5.32 Å². The zero-order chi connectivity index (χ0) is 24.4. The summed E-state index contributed by atoms with van der Waals surface area (Å²) in [6.45, 7) is 0. The lowest BCUT2D eigenvalue weighted by atomic mass is 10.1. The Hall–Kier alpha value is -4.80. The highest BCUT2D eigenvalue weighted by Gasteiger charge is 2.21. The maximum absolute atomic E-state index is 12.8. The van der Waals surface area contributed by atoms with Crippen molar-refractivity contribution in [2.45, 2.75) is 0 Å². The molecule has 4 aromatic rings. The average molecular weight is 459 g/mol. The summed E-state index contributed by atoms with van der Waals surface area (Å²) in [5.41, 5.74) is -0.243. The molecule has 11 nitrogen and oxygen atoms in total. The van der Waals surface area contributed by atoms with Crippen molar-refractivity contribution in [1.82, 2.24) is 18.9 Å². The predicted molar refractivity (Wildman–Crippen MR) is 126 cm³/mol. The molecule has 4 rings (SSSR count). The number of aryl methyl sites for hydroxylation is 1. The van der Waals surface area contributed by atoms with Crippen LogP contribution in [0.15, 0.2) is 80.5 Å². The predicted octanol–water partition coefficient (Wildman–Crippen LogP) is 2.86. The number of amides is 1. The highest BCUT2D eigenvalue weighted by Crippen LogP contribution is 2.37. The van der Waals surface area contributed by atoms with Gasteiger partial charge in [-0.05, 0) is 12.1 Å². The van der Waals surface area contributed by atoms with Gasteiger partial charge in [-0.25, -0.2) is 9.48 Å². The van der Waals surface area contributed by atoms with Gasteiger partial charge in [-0.3, -0.25) is 18.7 Å². The third-order valence-electron chi connectivity index (χ3n) is 5.20. The number of hydrogen-bond acceptors (Lipinski definition) is 7. The van der Waals surface area contributed by atoms with Gasteiger partial charge in [-0.1, -0.05) is 48.5 Å². The molecule has 0 radical (unpaired) electrons. The van der Waals surface area contributed by atoms with Crippen LogP contribution in [0.25, 0.3) is 11.3 Å². The number of azo groups is 1. The molecule has 2 N–H and O–H groups in total. The molecule has 0 spiro atoms. The van der Waals surface area contributed by atoms with Crippen molar-refractivity contribution in [3.05, 3.63) is 87.1 Å². The normalized spacial score (nSPS) is 11.1. The van der Waals surface area contributed by atoms with Crippen LogP contribution in [-0.2, 0) is 21.1 Å². The number of rotatable bonds is 5. The van der Waals surface area contributed by atoms with Gasteiger partial charge in [-0.15, -0.1) is 10.2 Å². The minimum absolute atomic E-state index is 0.174. The summed E-state index contributed by atoms with van der Waals surface area (Å²) in [7, 11) is 4.21. The average Bonchev–Trinajstić information content (AvgIpc) is 3.17. The van der Waals surface area contributed by atoms with E-state index in [4.69, 9.17) is 0 Å². The fraction of sp³-hybridized carbons (Fsp3) is 0.130. The monoisotopic (exact) mass is 459 g/mol. The first-order chi connectivity index (χ1) is 16.3. The molecule has 0 saturated heterocycles. The van der Waals surface area contributed by atoms with Crippen molar-refractivity contribution in [3.63, 3.8) is 0 Å². The van der Waals surface area contributed by atoms with Crippen molar-refractivity contribution >= 4 is 23.1 Å². The maximum Gasteiger partial charge on any atom is 0.333 e. The Balaban J connectivity index is 1.86. The lowest BCUT2D eigenvalue weighted by Gasteiger charge is -2.07. The van der Waals surface area contributed by atoms with Crippen LogP contribution in [-0.4, -0.2) is 29.9 Å². The topological polar surface area (TPSA) is 136 Å². The van der Waals surface area contributed by atoms with E-state index >= 15 is 0 Å². The second-order valence-corrected chi connectivity index (χ2v) is 7.43. The van der Waals surface area contributed by atoms with Gasteiger partial charge >= 0.3 is 5.69 Å². The molecule has 2 aromatic heterocycles. The SMILES string of the molecule is Cn1nc(-c2ccccc2)c(N=Nc2c(O)n(C)c(=O)n(C)c2=O)c1NC(=O)c1ccccc1. The van der Waals surface area contributed by atoms with Crippen molar-refractivity contribution < 1.29 is 9.90 Å². The number of nitrogens with zero attached hydrogens (tertiary/aromatic N) is 6. The van der Waals surface area contributed by atoms with Crippen LogP contribution in [0, 0.1) is 0 Å². The maximum atomic E-state index is 12.8. The number of aromatic nitrogens is 4. The van der Waals surface area contributed by atoms with Gasteiger partial charge in [0.15, 0.2) is 11.5 Å². The molecule has 1 amide bonds. The molecule has 2 aromatic carbocycles. The second kappa shape index (κ2) is 8.98. The first-order valence-electron chi connectivity index (χ1n) is 10.2. The molecule has 0 aliphatic carbocycles. The minimum Gasteiger partial charge on any atom is -0.493 e. The zero-order valence-corrected chi connectivity index (χ0v) is 18.6. The van der Waals surface area contributed by atoms with Crippen molar-refractivity contribution in [3.8, 4) is 17.1 Å². The summed E-state index contributed by atoms with van der Waals surface area (Å²) in [4.78, 5) is 37.4. The van der Waals surface area contributed by atoms with Crippen molar-refractivity contribution in [2.24, 2.45) is 31.4 Å². The Bertz CT molecular complexity index is 1520. The summed E-state index contributed by atoms with van der Waals surface area (Å²) in [6, 6.07) is 17.7. The quantitative estimate of drug-likeness (QED) is 0.442. The van der Waals surface area contributed by atoms with Gasteiger partial charge in [0.05, 0.1) is 0 Å². The molecule has 172 valence electrons. The highest BCUT2D eigenvalue weighted by molar-refractivity contribution is 6.06. The number of carbonyl (C=O) groups is 1. The van der Waals surface area contributed by atoms with E-state index in [-0.39, 0.29) is 17.4 Å². The summed E-state index contributed by atoms with van der Waals surface area (Å²) < 4.78 is 3.14. The van der Waals surface area contributed by atoms with E-state index < -0.39 is 22.8 Å². The van der Waals surface area contributed by atoms with Crippen molar-refractivity contribution in [1.29, 1.82) is 0 Å². The van der Waals surface area contributed by atoms with E-state index in [1.54, 1.807) is 37.4 Å². The van der Waals surface area contributed by atoms with Crippen LogP contribution in [0.1, 0.15) is 10.4 Å². The molecular weight excluding hydrogens is 438 g/mol. The van der Waals surface area contributed by atoms with Gasteiger partial charge < -0.3 is 10.4 Å². The number of benzene rings is 2. The summed E-state index contributed by atoms with van der Waals surface area (Å²) >= 11 is 0. The van der Waals surface area contributed by atoms with E-state index in [1.165, 1.54) is 18.8 Å². The summed E-state index contributed by atoms with van der Waals surface area (Å²) in [6.07, 6.45) is 0. The number of nitrogens with one attached hydrogen (secondary N) is 1. The molecule has 0 bridgehead atoms. The van der Waals surface area contributed by atoms with Crippen LogP contribution in [0.5, 0.6) is 5.88 Å². The lowest BCUT2D eigenvalue weighted by molar-refractivity contribution is 0.102. The molecule has 2 heterocycles. The molecular formula is C23H21N7O4. The zero-order valence-electron chi connectivity index (χ0n) is 18.6. The number of carbonyl (C=O) groups excluding carboxylic acids is 1. The molecule has 0 fully saturated rings. The van der Waals surface area contributed by atoms with Gasteiger partial charge in [-0.2, -0.15) is 5.10 Å². The van der Waals surface area contributed by atoms with E-state index in [1.807, 2.05) is 30.3 Å². The molecule has 11 heteroatoms. The van der Waals surface area contributed by atoms with Gasteiger partial charge in [0, 0.05) is 32.3 Å². The second-order valence-electron chi connectivity index (χ2n) is 7.43. The van der Waals surface area contributed by atoms with E-state index in [0.29, 0.717) is 16.8 Å². The largest absolute Gasteiger partial charge is 0.493 e. The molecule has 0 saturated carbocycles. The molecule has 34 heavy (non-hydrogen) atoms. The van der Waals surface area contributed by atoms with Crippen LogP contribution >= 0.6 is 0 Å². The lowest BCUT2D eigenvalue weighted by Crippen LogP contribution is -2.36. The molecule has 0 aliphatic heterocycles. The number of hydrogen-bond donors (Lipinski definition) is 2. The molecule has 0 atom stereocenters. The van der Waals surface area contributed by atoms with E-state index in [9.17, 15) is 19.5 Å². The molecule has 0 unspecified atom stereocenters.